The van der Waals surface area contributed by atoms with E-state index in [1.165, 1.54) is 5.56 Å². The van der Waals surface area contributed by atoms with Crippen LogP contribution in [0.15, 0.2) is 60.7 Å². The van der Waals surface area contributed by atoms with E-state index in [9.17, 15) is 4.79 Å². The minimum atomic E-state index is -0.117. The average molecular weight is 480 g/mol. The maximum absolute atomic E-state index is 12.8. The van der Waals surface area contributed by atoms with Gasteiger partial charge in [0.05, 0.1) is 5.69 Å². The number of aromatic nitrogens is 6. The van der Waals surface area contributed by atoms with E-state index in [0.29, 0.717) is 36.1 Å². The highest BCUT2D eigenvalue weighted by Crippen LogP contribution is 2.40. The summed E-state index contributed by atoms with van der Waals surface area (Å²) >= 11 is 0. The van der Waals surface area contributed by atoms with Gasteiger partial charge in [-0.1, -0.05) is 42.0 Å². The van der Waals surface area contributed by atoms with Crippen molar-refractivity contribution in [3.63, 3.8) is 0 Å². The number of ether oxygens (including phenoxy) is 1. The molecule has 6 rings (SSSR count). The number of hydrogen-bond donors (Lipinski definition) is 1. The van der Waals surface area contributed by atoms with Crippen LogP contribution in [0.2, 0.25) is 0 Å². The molecule has 0 fully saturated rings. The van der Waals surface area contributed by atoms with Crippen molar-refractivity contribution in [3.05, 3.63) is 94.4 Å². The highest BCUT2D eigenvalue weighted by atomic mass is 16.5. The molecule has 1 atom stereocenters. The van der Waals surface area contributed by atoms with E-state index < -0.39 is 0 Å². The lowest BCUT2D eigenvalue weighted by molar-refractivity contribution is -0.116. The second-order valence-electron chi connectivity index (χ2n) is 9.12. The van der Waals surface area contributed by atoms with Gasteiger partial charge in [-0.2, -0.15) is 14.3 Å². The second-order valence-corrected chi connectivity index (χ2v) is 9.12. The molecule has 0 spiro atoms. The van der Waals surface area contributed by atoms with Crippen LogP contribution >= 0.6 is 0 Å². The van der Waals surface area contributed by atoms with Crippen molar-refractivity contribution in [2.75, 3.05) is 5.32 Å². The van der Waals surface area contributed by atoms with Crippen molar-refractivity contribution >= 4 is 17.4 Å². The maximum atomic E-state index is 12.8. The summed E-state index contributed by atoms with van der Waals surface area (Å²) in [6, 6.07) is 19.9. The highest BCUT2D eigenvalue weighted by molar-refractivity contribution is 5.95. The molecule has 0 unspecified atom stereocenters. The molecule has 0 bridgehead atoms. The number of carbonyl (C=O) groups is 1. The molecule has 0 saturated carbocycles. The van der Waals surface area contributed by atoms with Crippen LogP contribution in [0.3, 0.4) is 0 Å². The molecule has 9 nitrogen and oxygen atoms in total. The molecule has 1 N–H and O–H groups in total. The third kappa shape index (κ3) is 3.88. The summed E-state index contributed by atoms with van der Waals surface area (Å²) in [6.45, 7) is 6.38. The number of hydrogen-bond acceptors (Lipinski definition) is 6. The second kappa shape index (κ2) is 8.60. The predicted octanol–water partition coefficient (Wildman–Crippen LogP) is 4.29. The van der Waals surface area contributed by atoms with E-state index >= 15 is 0 Å². The summed E-state index contributed by atoms with van der Waals surface area (Å²) in [5.41, 5.74) is 5.86. The summed E-state index contributed by atoms with van der Waals surface area (Å²) in [5.74, 6) is 2.51. The Morgan fingerprint density at radius 2 is 1.83 bits per heavy atom. The number of rotatable bonds is 5. The molecule has 9 heteroatoms. The fraction of sp³-hybridized carbons (Fsp3) is 0.222. The zero-order chi connectivity index (χ0) is 24.8. The molecule has 5 aromatic rings. The Kier molecular flexibility index (Phi) is 5.25. The largest absolute Gasteiger partial charge is 0.489 e. The zero-order valence-corrected chi connectivity index (χ0v) is 20.3. The summed E-state index contributed by atoms with van der Waals surface area (Å²) in [4.78, 5) is 12.8. The SMILES string of the molecule is Cc1cccc(COc2ccc([C@H]3CC(=O)Nc4c3c(C)nn4-c3ccc4nnc(C)n4n3)cc2)c1. The Hall–Kier alpha value is -4.53. The smallest absolute Gasteiger partial charge is 0.226 e. The van der Waals surface area contributed by atoms with Crippen molar-refractivity contribution in [2.24, 2.45) is 0 Å². The number of aryl methyl sites for hydroxylation is 3. The molecule has 180 valence electrons. The summed E-state index contributed by atoms with van der Waals surface area (Å²) < 4.78 is 9.34. The highest BCUT2D eigenvalue weighted by Gasteiger charge is 2.33. The van der Waals surface area contributed by atoms with Crippen LogP contribution in [0.5, 0.6) is 5.75 Å². The van der Waals surface area contributed by atoms with E-state index in [2.05, 4.69) is 45.7 Å². The normalized spacial score (nSPS) is 15.1. The van der Waals surface area contributed by atoms with Crippen LogP contribution < -0.4 is 10.1 Å². The molecule has 4 heterocycles. The van der Waals surface area contributed by atoms with Crippen LogP contribution in [0.1, 0.15) is 46.1 Å². The molecular formula is C27H25N7O2. The molecule has 2 aromatic carbocycles. The van der Waals surface area contributed by atoms with E-state index in [4.69, 9.17) is 9.84 Å². The van der Waals surface area contributed by atoms with Gasteiger partial charge in [0.25, 0.3) is 0 Å². The number of nitrogens with zero attached hydrogens (tertiary/aromatic N) is 6. The third-order valence-corrected chi connectivity index (χ3v) is 6.49. The lowest BCUT2D eigenvalue weighted by atomic mass is 9.86. The predicted molar refractivity (Wildman–Crippen MR) is 134 cm³/mol. The average Bonchev–Trinajstić information content (AvgIpc) is 3.42. The molecule has 1 aliphatic rings. The lowest BCUT2D eigenvalue weighted by Crippen LogP contribution is -2.25. The molecule has 0 aliphatic carbocycles. The first-order chi connectivity index (χ1) is 17.5. The molecule has 3 aromatic heterocycles. The number of benzene rings is 2. The molecule has 1 aliphatic heterocycles. The van der Waals surface area contributed by atoms with E-state index in [-0.39, 0.29) is 11.8 Å². The first-order valence-corrected chi connectivity index (χ1v) is 11.8. The quantitative estimate of drug-likeness (QED) is 0.404. The number of fused-ring (bicyclic) bond motifs is 2. The fourth-order valence-electron chi connectivity index (χ4n) is 4.76. The first kappa shape index (κ1) is 22.0. The van der Waals surface area contributed by atoms with E-state index in [1.807, 2.05) is 56.3 Å². The van der Waals surface area contributed by atoms with Crippen molar-refractivity contribution in [3.8, 4) is 11.6 Å². The van der Waals surface area contributed by atoms with Gasteiger partial charge >= 0.3 is 0 Å². The minimum absolute atomic E-state index is 0.0602. The van der Waals surface area contributed by atoms with E-state index in [0.717, 1.165) is 28.1 Å². The van der Waals surface area contributed by atoms with Gasteiger partial charge in [0.2, 0.25) is 5.91 Å². The van der Waals surface area contributed by atoms with Gasteiger partial charge in [-0.3, -0.25) is 4.79 Å². The fourth-order valence-corrected chi connectivity index (χ4v) is 4.76. The van der Waals surface area contributed by atoms with Crippen LogP contribution in [-0.4, -0.2) is 35.5 Å². The summed E-state index contributed by atoms with van der Waals surface area (Å²) in [7, 11) is 0. The van der Waals surface area contributed by atoms with Crippen molar-refractivity contribution < 1.29 is 9.53 Å². The Morgan fingerprint density at radius 1 is 1.00 bits per heavy atom. The standard InChI is InChI=1S/C27H25N7O2/c1-16-5-4-6-19(13-16)15-36-21-9-7-20(8-10-21)22-14-25(35)28-27-26(22)17(2)31-34(27)24-12-11-23-30-29-18(3)33(23)32-24/h4-13,22H,14-15H2,1-3H3,(H,28,35)/t22-/m1/s1. The number of anilines is 1. The number of nitrogens with one attached hydrogen (secondary N) is 1. The van der Waals surface area contributed by atoms with Crippen molar-refractivity contribution in [1.29, 1.82) is 0 Å². The van der Waals surface area contributed by atoms with Gasteiger partial charge in [0, 0.05) is 17.9 Å². The zero-order valence-electron chi connectivity index (χ0n) is 20.3. The molecule has 0 saturated heterocycles. The van der Waals surface area contributed by atoms with Crippen molar-refractivity contribution in [1.82, 2.24) is 29.6 Å². The van der Waals surface area contributed by atoms with Crippen LogP contribution in [-0.2, 0) is 11.4 Å². The molecule has 0 radical (unpaired) electrons. The Balaban J connectivity index is 1.30. The summed E-state index contributed by atoms with van der Waals surface area (Å²) in [6.07, 6.45) is 0.347. The Labute approximate surface area is 207 Å². The summed E-state index contributed by atoms with van der Waals surface area (Å²) in [5, 5.41) is 20.6. The van der Waals surface area contributed by atoms with Crippen LogP contribution in [0.4, 0.5) is 5.82 Å². The van der Waals surface area contributed by atoms with Crippen LogP contribution in [0.25, 0.3) is 11.5 Å². The van der Waals surface area contributed by atoms with Gasteiger partial charge in [0.1, 0.15) is 18.2 Å². The van der Waals surface area contributed by atoms with Crippen molar-refractivity contribution in [2.45, 2.75) is 39.7 Å². The third-order valence-electron chi connectivity index (χ3n) is 6.49. The van der Waals surface area contributed by atoms with Crippen LogP contribution in [0, 0.1) is 20.8 Å². The Morgan fingerprint density at radius 3 is 2.64 bits per heavy atom. The van der Waals surface area contributed by atoms with Gasteiger partial charge in [-0.05, 0) is 56.2 Å². The van der Waals surface area contributed by atoms with Gasteiger partial charge < -0.3 is 10.1 Å². The lowest BCUT2D eigenvalue weighted by Gasteiger charge is -2.24. The number of carbonyl (C=O) groups excluding carboxylic acids is 1. The maximum Gasteiger partial charge on any atom is 0.226 e. The van der Waals surface area contributed by atoms with E-state index in [1.54, 1.807) is 9.20 Å². The monoisotopic (exact) mass is 479 g/mol. The van der Waals surface area contributed by atoms with Gasteiger partial charge in [-0.25, -0.2) is 0 Å². The molecular weight excluding hydrogens is 454 g/mol. The molecule has 36 heavy (non-hydrogen) atoms. The van der Waals surface area contributed by atoms with Gasteiger partial charge in [0.15, 0.2) is 17.3 Å². The molecule has 1 amide bonds. The topological polar surface area (TPSA) is 99.2 Å². The Bertz CT molecular complexity index is 1600. The van der Waals surface area contributed by atoms with Gasteiger partial charge in [-0.15, -0.1) is 15.3 Å². The number of amides is 1. The minimum Gasteiger partial charge on any atom is -0.489 e. The first-order valence-electron chi connectivity index (χ1n) is 11.8.